The van der Waals surface area contributed by atoms with Gasteiger partial charge in [0.05, 0.1) is 19.8 Å². The van der Waals surface area contributed by atoms with Gasteiger partial charge in [-0.2, -0.15) is 0 Å². The molecule has 1 aromatic carbocycles. The summed E-state index contributed by atoms with van der Waals surface area (Å²) in [6.07, 6.45) is 1.71. The Morgan fingerprint density at radius 2 is 1.86 bits per heavy atom. The van der Waals surface area contributed by atoms with Crippen molar-refractivity contribution in [1.82, 2.24) is 15.5 Å². The average Bonchev–Trinajstić information content (AvgIpc) is 2.73. The molecule has 2 aliphatic rings. The number of morpholine rings is 1. The van der Waals surface area contributed by atoms with E-state index in [-0.39, 0.29) is 35.2 Å². The predicted octanol–water partition coefficient (Wildman–Crippen LogP) is 2.38. The second-order valence-corrected chi connectivity index (χ2v) is 7.48. The summed E-state index contributed by atoms with van der Waals surface area (Å²) in [6.45, 7) is 10.3. The first-order valence-electron chi connectivity index (χ1n) is 10.4. The summed E-state index contributed by atoms with van der Waals surface area (Å²) < 4.78 is 24.8. The Balaban J connectivity index is 0.00000300. The smallest absolute Gasteiger partial charge is 0.191 e. The van der Waals surface area contributed by atoms with Gasteiger partial charge >= 0.3 is 0 Å². The van der Waals surface area contributed by atoms with Crippen LogP contribution in [0.3, 0.4) is 0 Å². The molecule has 2 fully saturated rings. The fourth-order valence-corrected chi connectivity index (χ4v) is 3.85. The van der Waals surface area contributed by atoms with Crippen molar-refractivity contribution in [1.29, 1.82) is 0 Å². The summed E-state index contributed by atoms with van der Waals surface area (Å²) in [5, 5.41) is 6.77. The Morgan fingerprint density at radius 3 is 2.55 bits per heavy atom. The minimum Gasteiger partial charge on any atom is -0.381 e. The summed E-state index contributed by atoms with van der Waals surface area (Å²) in [6, 6.07) is 6.96. The van der Waals surface area contributed by atoms with E-state index >= 15 is 0 Å². The Kier molecular flexibility index (Phi) is 10.6. The van der Waals surface area contributed by atoms with Crippen molar-refractivity contribution in [2.75, 3.05) is 65.7 Å². The standard InChI is InChI=1S/C21H33FN4O2.HI/c1-2-23-20(24-8-9-26-10-14-28-15-11-26)25-17-21(6-12-27-13-7-21)18-4-3-5-19(22)16-18;/h3-5,16H,2,6-15,17H2,1H3,(H2,23,24,25);1H. The van der Waals surface area contributed by atoms with Gasteiger partial charge in [0.2, 0.25) is 0 Å². The van der Waals surface area contributed by atoms with Crippen LogP contribution in [0.25, 0.3) is 0 Å². The summed E-state index contributed by atoms with van der Waals surface area (Å²) in [5.41, 5.74) is 0.844. The number of rotatable bonds is 7. The van der Waals surface area contributed by atoms with Gasteiger partial charge in [-0.25, -0.2) is 4.39 Å². The van der Waals surface area contributed by atoms with Crippen molar-refractivity contribution in [3.05, 3.63) is 35.6 Å². The topological polar surface area (TPSA) is 58.1 Å². The van der Waals surface area contributed by atoms with E-state index in [1.54, 1.807) is 12.1 Å². The van der Waals surface area contributed by atoms with E-state index in [9.17, 15) is 4.39 Å². The molecule has 0 spiro atoms. The second kappa shape index (κ2) is 12.7. The monoisotopic (exact) mass is 520 g/mol. The fourth-order valence-electron chi connectivity index (χ4n) is 3.85. The molecular formula is C21H34FIN4O2. The van der Waals surface area contributed by atoms with Crippen LogP contribution in [0.2, 0.25) is 0 Å². The number of aliphatic imine (C=N–C) groups is 1. The zero-order valence-electron chi connectivity index (χ0n) is 17.3. The number of nitrogens with zero attached hydrogens (tertiary/aromatic N) is 2. The Labute approximate surface area is 190 Å². The highest BCUT2D eigenvalue weighted by atomic mass is 127. The third-order valence-electron chi connectivity index (χ3n) is 5.60. The SMILES string of the molecule is CCNC(=NCC1(c2cccc(F)c2)CCOCC1)NCCN1CCOCC1.I. The lowest BCUT2D eigenvalue weighted by Gasteiger charge is -2.36. The molecule has 3 rings (SSSR count). The quantitative estimate of drug-likeness (QED) is 0.329. The van der Waals surface area contributed by atoms with Gasteiger partial charge in [-0.3, -0.25) is 9.89 Å². The Hall–Kier alpha value is -0.970. The van der Waals surface area contributed by atoms with E-state index in [1.807, 2.05) is 6.07 Å². The number of guanidine groups is 1. The molecule has 2 saturated heterocycles. The van der Waals surface area contributed by atoms with Crippen LogP contribution in [0.4, 0.5) is 4.39 Å². The lowest BCUT2D eigenvalue weighted by molar-refractivity contribution is 0.0389. The van der Waals surface area contributed by atoms with Crippen LogP contribution in [0.1, 0.15) is 25.3 Å². The van der Waals surface area contributed by atoms with Gasteiger partial charge in [-0.1, -0.05) is 12.1 Å². The molecule has 0 aliphatic carbocycles. The zero-order valence-corrected chi connectivity index (χ0v) is 19.6. The first kappa shape index (κ1) is 24.3. The van der Waals surface area contributed by atoms with Gasteiger partial charge in [-0.15, -0.1) is 24.0 Å². The van der Waals surface area contributed by atoms with E-state index in [0.717, 1.165) is 70.3 Å². The van der Waals surface area contributed by atoms with E-state index in [1.165, 1.54) is 6.07 Å². The van der Waals surface area contributed by atoms with Gasteiger partial charge in [-0.05, 0) is 37.5 Å². The molecule has 2 heterocycles. The van der Waals surface area contributed by atoms with Gasteiger partial charge in [0.25, 0.3) is 0 Å². The van der Waals surface area contributed by atoms with Crippen LogP contribution in [-0.4, -0.2) is 76.6 Å². The lowest BCUT2D eigenvalue weighted by atomic mass is 9.74. The van der Waals surface area contributed by atoms with E-state index in [2.05, 4.69) is 22.5 Å². The first-order valence-corrected chi connectivity index (χ1v) is 10.4. The number of nitrogens with one attached hydrogen (secondary N) is 2. The van der Waals surface area contributed by atoms with Gasteiger partial charge < -0.3 is 20.1 Å². The zero-order chi connectivity index (χ0) is 19.7. The van der Waals surface area contributed by atoms with Crippen molar-refractivity contribution in [2.24, 2.45) is 4.99 Å². The highest BCUT2D eigenvalue weighted by molar-refractivity contribution is 14.0. The van der Waals surface area contributed by atoms with Crippen LogP contribution in [0, 0.1) is 5.82 Å². The van der Waals surface area contributed by atoms with Crippen LogP contribution >= 0.6 is 24.0 Å². The van der Waals surface area contributed by atoms with Crippen molar-refractivity contribution < 1.29 is 13.9 Å². The Bertz CT molecular complexity index is 635. The van der Waals surface area contributed by atoms with E-state index < -0.39 is 0 Å². The summed E-state index contributed by atoms with van der Waals surface area (Å²) in [4.78, 5) is 7.27. The minimum atomic E-state index is -0.192. The largest absolute Gasteiger partial charge is 0.381 e. The van der Waals surface area contributed by atoms with Crippen molar-refractivity contribution in [3.8, 4) is 0 Å². The molecule has 0 bridgehead atoms. The third kappa shape index (κ3) is 7.34. The second-order valence-electron chi connectivity index (χ2n) is 7.48. The highest BCUT2D eigenvalue weighted by Crippen LogP contribution is 2.35. The average molecular weight is 520 g/mol. The molecule has 2 N–H and O–H groups in total. The molecule has 1 aromatic rings. The maximum atomic E-state index is 13.8. The van der Waals surface area contributed by atoms with Crippen LogP contribution < -0.4 is 10.6 Å². The molecule has 0 saturated carbocycles. The van der Waals surface area contributed by atoms with Crippen LogP contribution in [0.5, 0.6) is 0 Å². The summed E-state index contributed by atoms with van der Waals surface area (Å²) in [7, 11) is 0. The van der Waals surface area contributed by atoms with E-state index in [4.69, 9.17) is 14.5 Å². The molecule has 2 aliphatic heterocycles. The third-order valence-corrected chi connectivity index (χ3v) is 5.60. The maximum absolute atomic E-state index is 13.8. The van der Waals surface area contributed by atoms with Gasteiger partial charge in [0, 0.05) is 51.4 Å². The fraction of sp³-hybridized carbons (Fsp3) is 0.667. The first-order chi connectivity index (χ1) is 13.7. The molecule has 6 nitrogen and oxygen atoms in total. The molecular weight excluding hydrogens is 486 g/mol. The lowest BCUT2D eigenvalue weighted by Crippen LogP contribution is -2.45. The molecule has 0 unspecified atom stereocenters. The van der Waals surface area contributed by atoms with Crippen molar-refractivity contribution >= 4 is 29.9 Å². The molecule has 0 amide bonds. The molecule has 8 heteroatoms. The molecule has 0 radical (unpaired) electrons. The van der Waals surface area contributed by atoms with Crippen LogP contribution in [-0.2, 0) is 14.9 Å². The number of halogens is 2. The van der Waals surface area contributed by atoms with Crippen LogP contribution in [0.15, 0.2) is 29.3 Å². The normalized spacial score (nSPS) is 20.0. The van der Waals surface area contributed by atoms with E-state index in [0.29, 0.717) is 19.8 Å². The van der Waals surface area contributed by atoms with Crippen molar-refractivity contribution in [3.63, 3.8) is 0 Å². The number of ether oxygens (including phenoxy) is 2. The molecule has 164 valence electrons. The summed E-state index contributed by atoms with van der Waals surface area (Å²) in [5.74, 6) is 0.626. The molecule has 0 aromatic heterocycles. The number of benzene rings is 1. The van der Waals surface area contributed by atoms with Crippen molar-refractivity contribution in [2.45, 2.75) is 25.2 Å². The maximum Gasteiger partial charge on any atom is 0.191 e. The summed E-state index contributed by atoms with van der Waals surface area (Å²) >= 11 is 0. The van der Waals surface area contributed by atoms with Gasteiger partial charge in [0.1, 0.15) is 5.82 Å². The minimum absolute atomic E-state index is 0. The Morgan fingerprint density at radius 1 is 1.14 bits per heavy atom. The number of hydrogen-bond donors (Lipinski definition) is 2. The molecule has 29 heavy (non-hydrogen) atoms. The predicted molar refractivity (Wildman–Crippen MR) is 125 cm³/mol. The number of hydrogen-bond acceptors (Lipinski definition) is 4. The van der Waals surface area contributed by atoms with Gasteiger partial charge in [0.15, 0.2) is 5.96 Å². The highest BCUT2D eigenvalue weighted by Gasteiger charge is 2.34. The molecule has 0 atom stereocenters.